The monoisotopic (exact) mass is 360 g/mol. The molecule has 1 aliphatic rings. The van der Waals surface area contributed by atoms with Gasteiger partial charge in [0, 0.05) is 5.56 Å². The molecule has 138 valence electrons. The van der Waals surface area contributed by atoms with Crippen LogP contribution in [0.4, 0.5) is 4.79 Å². The lowest BCUT2D eigenvalue weighted by atomic mass is 10.0. The molecule has 1 aliphatic heterocycles. The van der Waals surface area contributed by atoms with Gasteiger partial charge in [-0.1, -0.05) is 6.08 Å². The quantitative estimate of drug-likeness (QED) is 0.331. The molecule has 1 aromatic rings. The maximum atomic E-state index is 12.3. The molecule has 0 bridgehead atoms. The first-order chi connectivity index (χ1) is 12.4. The van der Waals surface area contributed by atoms with Crippen LogP contribution < -0.4 is 10.1 Å². The molecule has 2 rings (SSSR count). The van der Waals surface area contributed by atoms with Gasteiger partial charge < -0.3 is 19.9 Å². The standard InChI is InChI=1S/C18H20N2O6/c1-4-6-12-7-11(9-14(16(12)22)26-5-2)8-13-17(23)20(18(24)19-13)10-15(21)25-3/h4,7-9,22H,1,5-6,10H2,2-3H3,(H,19,24). The van der Waals surface area contributed by atoms with E-state index in [1.165, 1.54) is 13.2 Å². The first-order valence-corrected chi connectivity index (χ1v) is 7.92. The number of esters is 1. The van der Waals surface area contributed by atoms with E-state index < -0.39 is 24.5 Å². The maximum absolute atomic E-state index is 12.3. The average molecular weight is 360 g/mol. The van der Waals surface area contributed by atoms with Crippen LogP contribution in [0.2, 0.25) is 0 Å². The van der Waals surface area contributed by atoms with Crippen LogP contribution in [-0.4, -0.2) is 48.2 Å². The fourth-order valence-corrected chi connectivity index (χ4v) is 2.42. The first kappa shape index (κ1) is 19.0. The van der Waals surface area contributed by atoms with E-state index in [1.807, 2.05) is 0 Å². The number of benzene rings is 1. The molecule has 0 spiro atoms. The molecule has 1 aromatic carbocycles. The van der Waals surface area contributed by atoms with E-state index in [4.69, 9.17) is 4.74 Å². The number of aromatic hydroxyl groups is 1. The van der Waals surface area contributed by atoms with Crippen molar-refractivity contribution in [3.63, 3.8) is 0 Å². The summed E-state index contributed by atoms with van der Waals surface area (Å²) in [6, 6.07) is 2.51. The van der Waals surface area contributed by atoms with E-state index >= 15 is 0 Å². The van der Waals surface area contributed by atoms with E-state index in [9.17, 15) is 19.5 Å². The van der Waals surface area contributed by atoms with Crippen LogP contribution in [-0.2, 0) is 20.7 Å². The molecule has 0 radical (unpaired) electrons. The highest BCUT2D eigenvalue weighted by molar-refractivity contribution is 6.15. The summed E-state index contributed by atoms with van der Waals surface area (Å²) < 4.78 is 9.88. The van der Waals surface area contributed by atoms with Crippen molar-refractivity contribution in [2.24, 2.45) is 0 Å². The number of urea groups is 1. The number of nitrogens with one attached hydrogen (secondary N) is 1. The molecule has 0 aromatic heterocycles. The molecule has 8 heteroatoms. The number of imide groups is 1. The number of allylic oxidation sites excluding steroid dienone is 1. The highest BCUT2D eigenvalue weighted by Gasteiger charge is 2.35. The topological polar surface area (TPSA) is 105 Å². The van der Waals surface area contributed by atoms with Crippen LogP contribution in [0, 0.1) is 0 Å². The van der Waals surface area contributed by atoms with Crippen molar-refractivity contribution < 1.29 is 29.0 Å². The molecule has 8 nitrogen and oxygen atoms in total. The largest absolute Gasteiger partial charge is 0.504 e. The SMILES string of the molecule is C=CCc1cc(C=C2NC(=O)N(CC(=O)OC)C2=O)cc(OCC)c1O. The Morgan fingerprint density at radius 1 is 1.38 bits per heavy atom. The fourth-order valence-electron chi connectivity index (χ4n) is 2.42. The fraction of sp³-hybridized carbons (Fsp3) is 0.278. The van der Waals surface area contributed by atoms with Crippen molar-refractivity contribution in [2.75, 3.05) is 20.3 Å². The molecule has 1 saturated heterocycles. The number of methoxy groups -OCH3 is 1. The number of nitrogens with zero attached hydrogens (tertiary/aromatic N) is 1. The number of hydrogen-bond donors (Lipinski definition) is 2. The zero-order valence-corrected chi connectivity index (χ0v) is 14.6. The number of carbonyl (C=O) groups excluding carboxylic acids is 3. The second-order valence-electron chi connectivity index (χ2n) is 5.41. The summed E-state index contributed by atoms with van der Waals surface area (Å²) >= 11 is 0. The zero-order valence-electron chi connectivity index (χ0n) is 14.6. The molecule has 3 amide bonds. The summed E-state index contributed by atoms with van der Waals surface area (Å²) in [7, 11) is 1.17. The minimum Gasteiger partial charge on any atom is -0.504 e. The van der Waals surface area contributed by atoms with Gasteiger partial charge in [-0.15, -0.1) is 6.58 Å². The molecular formula is C18H20N2O6. The maximum Gasteiger partial charge on any atom is 0.329 e. The van der Waals surface area contributed by atoms with Crippen molar-refractivity contribution in [1.82, 2.24) is 10.2 Å². The number of amides is 3. The van der Waals surface area contributed by atoms with Gasteiger partial charge in [0.2, 0.25) is 0 Å². The van der Waals surface area contributed by atoms with Gasteiger partial charge in [-0.2, -0.15) is 0 Å². The predicted octanol–water partition coefficient (Wildman–Crippen LogP) is 1.59. The number of phenols is 1. The van der Waals surface area contributed by atoms with E-state index in [2.05, 4.69) is 16.6 Å². The van der Waals surface area contributed by atoms with Crippen LogP contribution in [0.15, 0.2) is 30.5 Å². The van der Waals surface area contributed by atoms with Gasteiger partial charge >= 0.3 is 12.0 Å². The lowest BCUT2D eigenvalue weighted by Gasteiger charge is -2.11. The number of rotatable bonds is 7. The molecule has 1 heterocycles. The summed E-state index contributed by atoms with van der Waals surface area (Å²) in [5, 5.41) is 12.6. The van der Waals surface area contributed by atoms with E-state index in [-0.39, 0.29) is 17.2 Å². The Morgan fingerprint density at radius 3 is 2.73 bits per heavy atom. The summed E-state index contributed by atoms with van der Waals surface area (Å²) in [4.78, 5) is 36.3. The Labute approximate surface area is 150 Å². The normalized spacial score (nSPS) is 15.2. The van der Waals surface area contributed by atoms with Gasteiger partial charge in [0.25, 0.3) is 5.91 Å². The Morgan fingerprint density at radius 2 is 2.12 bits per heavy atom. The van der Waals surface area contributed by atoms with Crippen LogP contribution >= 0.6 is 0 Å². The first-order valence-electron chi connectivity index (χ1n) is 7.92. The smallest absolute Gasteiger partial charge is 0.329 e. The van der Waals surface area contributed by atoms with Crippen molar-refractivity contribution >= 4 is 24.0 Å². The van der Waals surface area contributed by atoms with Crippen molar-refractivity contribution in [3.05, 3.63) is 41.6 Å². The molecule has 2 N–H and O–H groups in total. The third-order valence-corrected chi connectivity index (χ3v) is 3.63. The van der Waals surface area contributed by atoms with Gasteiger partial charge in [-0.05, 0) is 37.1 Å². The van der Waals surface area contributed by atoms with Gasteiger partial charge in [-0.3, -0.25) is 9.59 Å². The third kappa shape index (κ3) is 4.02. The van der Waals surface area contributed by atoms with E-state index in [0.29, 0.717) is 24.2 Å². The number of hydrogen-bond acceptors (Lipinski definition) is 6. The molecule has 1 fully saturated rings. The van der Waals surface area contributed by atoms with Crippen LogP contribution in [0.5, 0.6) is 11.5 Å². The van der Waals surface area contributed by atoms with Crippen molar-refractivity contribution in [2.45, 2.75) is 13.3 Å². The minimum absolute atomic E-state index is 0.00278. The van der Waals surface area contributed by atoms with Crippen LogP contribution in [0.3, 0.4) is 0 Å². The molecule has 26 heavy (non-hydrogen) atoms. The predicted molar refractivity (Wildman–Crippen MR) is 93.4 cm³/mol. The highest BCUT2D eigenvalue weighted by atomic mass is 16.5. The second kappa shape index (κ2) is 8.19. The third-order valence-electron chi connectivity index (χ3n) is 3.63. The summed E-state index contributed by atoms with van der Waals surface area (Å²) in [6.07, 6.45) is 3.48. The number of phenolic OH excluding ortho intramolecular Hbond substituents is 1. The second-order valence-corrected chi connectivity index (χ2v) is 5.41. The summed E-state index contributed by atoms with van der Waals surface area (Å²) in [5.74, 6) is -1.08. The summed E-state index contributed by atoms with van der Waals surface area (Å²) in [5.41, 5.74) is 1.13. The number of ether oxygens (including phenoxy) is 2. The van der Waals surface area contributed by atoms with Crippen molar-refractivity contribution in [1.29, 1.82) is 0 Å². The zero-order chi connectivity index (χ0) is 19.3. The van der Waals surface area contributed by atoms with Crippen LogP contribution in [0.25, 0.3) is 6.08 Å². The summed E-state index contributed by atoms with van der Waals surface area (Å²) in [6.45, 7) is 5.30. The van der Waals surface area contributed by atoms with E-state index in [1.54, 1.807) is 25.1 Å². The Bertz CT molecular complexity index is 784. The Hall–Kier alpha value is -3.29. The van der Waals surface area contributed by atoms with E-state index in [0.717, 1.165) is 4.90 Å². The van der Waals surface area contributed by atoms with Crippen molar-refractivity contribution in [3.8, 4) is 11.5 Å². The van der Waals surface area contributed by atoms with Gasteiger partial charge in [-0.25, -0.2) is 9.69 Å². The lowest BCUT2D eigenvalue weighted by Crippen LogP contribution is -2.36. The van der Waals surface area contributed by atoms with Gasteiger partial charge in [0.15, 0.2) is 11.5 Å². The average Bonchev–Trinajstić information content (AvgIpc) is 2.86. The Kier molecular flexibility index (Phi) is 6.00. The molecular weight excluding hydrogens is 340 g/mol. The molecule has 0 atom stereocenters. The van der Waals surface area contributed by atoms with Gasteiger partial charge in [0.05, 0.1) is 13.7 Å². The van der Waals surface area contributed by atoms with Gasteiger partial charge in [0.1, 0.15) is 12.2 Å². The molecule has 0 saturated carbocycles. The molecule has 0 unspecified atom stereocenters. The molecule has 0 aliphatic carbocycles. The number of carbonyl (C=O) groups is 3. The Balaban J connectivity index is 2.36. The minimum atomic E-state index is -0.707. The lowest BCUT2D eigenvalue weighted by molar-refractivity contribution is -0.143. The highest BCUT2D eigenvalue weighted by Crippen LogP contribution is 2.33. The van der Waals surface area contributed by atoms with Crippen LogP contribution in [0.1, 0.15) is 18.1 Å².